The SMILES string of the molecule is CCCCC(CC)CN(CCC)c1ccc(N)cc1. The zero-order chi connectivity index (χ0) is 14.1. The van der Waals surface area contributed by atoms with Crippen LogP contribution in [0.1, 0.15) is 52.9 Å². The Bertz CT molecular complexity index is 332. The molecule has 1 aromatic carbocycles. The number of nitrogens with two attached hydrogens (primary N) is 1. The van der Waals surface area contributed by atoms with E-state index in [0.717, 1.165) is 18.2 Å². The zero-order valence-corrected chi connectivity index (χ0v) is 12.9. The molecule has 2 heteroatoms. The summed E-state index contributed by atoms with van der Waals surface area (Å²) in [6.07, 6.45) is 6.46. The van der Waals surface area contributed by atoms with E-state index in [0.29, 0.717) is 0 Å². The van der Waals surface area contributed by atoms with Gasteiger partial charge in [0.25, 0.3) is 0 Å². The van der Waals surface area contributed by atoms with Gasteiger partial charge in [-0.3, -0.25) is 0 Å². The van der Waals surface area contributed by atoms with Crippen molar-refractivity contribution in [3.8, 4) is 0 Å². The summed E-state index contributed by atoms with van der Waals surface area (Å²) in [5.74, 6) is 0.809. The highest BCUT2D eigenvalue weighted by molar-refractivity contribution is 5.53. The van der Waals surface area contributed by atoms with Gasteiger partial charge in [-0.2, -0.15) is 0 Å². The van der Waals surface area contributed by atoms with E-state index in [9.17, 15) is 0 Å². The molecule has 0 saturated heterocycles. The molecule has 108 valence electrons. The largest absolute Gasteiger partial charge is 0.399 e. The summed E-state index contributed by atoms with van der Waals surface area (Å²) in [5, 5.41) is 0. The van der Waals surface area contributed by atoms with Crippen molar-refractivity contribution in [2.24, 2.45) is 5.92 Å². The van der Waals surface area contributed by atoms with Crippen molar-refractivity contribution < 1.29 is 0 Å². The maximum absolute atomic E-state index is 5.78. The molecule has 0 heterocycles. The number of rotatable bonds is 9. The second-order valence-electron chi connectivity index (χ2n) is 5.45. The van der Waals surface area contributed by atoms with Gasteiger partial charge >= 0.3 is 0 Å². The summed E-state index contributed by atoms with van der Waals surface area (Å²) < 4.78 is 0. The van der Waals surface area contributed by atoms with Gasteiger partial charge in [0.2, 0.25) is 0 Å². The first-order chi connectivity index (χ1) is 9.21. The molecule has 0 aliphatic rings. The van der Waals surface area contributed by atoms with Crippen LogP contribution < -0.4 is 10.6 Å². The lowest BCUT2D eigenvalue weighted by Gasteiger charge is -2.29. The number of nitrogens with zero attached hydrogens (tertiary/aromatic N) is 1. The van der Waals surface area contributed by atoms with Gasteiger partial charge in [0.15, 0.2) is 0 Å². The van der Waals surface area contributed by atoms with E-state index in [1.165, 1.54) is 44.3 Å². The van der Waals surface area contributed by atoms with E-state index in [-0.39, 0.29) is 0 Å². The lowest BCUT2D eigenvalue weighted by Crippen LogP contribution is -2.30. The van der Waals surface area contributed by atoms with Crippen molar-refractivity contribution in [2.45, 2.75) is 52.9 Å². The van der Waals surface area contributed by atoms with Gasteiger partial charge < -0.3 is 10.6 Å². The number of anilines is 2. The van der Waals surface area contributed by atoms with E-state index < -0.39 is 0 Å². The number of unbranched alkanes of at least 4 members (excludes halogenated alkanes) is 1. The normalized spacial score (nSPS) is 12.4. The Hall–Kier alpha value is -1.18. The molecule has 1 aromatic rings. The van der Waals surface area contributed by atoms with Crippen molar-refractivity contribution in [1.29, 1.82) is 0 Å². The average Bonchev–Trinajstić information content (AvgIpc) is 2.43. The lowest BCUT2D eigenvalue weighted by atomic mass is 9.98. The first-order valence-corrected chi connectivity index (χ1v) is 7.81. The van der Waals surface area contributed by atoms with E-state index in [1.807, 2.05) is 12.1 Å². The summed E-state index contributed by atoms with van der Waals surface area (Å²) in [4.78, 5) is 2.52. The fourth-order valence-electron chi connectivity index (χ4n) is 2.51. The predicted octanol–water partition coefficient (Wildman–Crippen LogP) is 4.70. The molecule has 0 aliphatic heterocycles. The number of benzene rings is 1. The first kappa shape index (κ1) is 15.9. The van der Waals surface area contributed by atoms with Crippen molar-refractivity contribution in [3.05, 3.63) is 24.3 Å². The summed E-state index contributed by atoms with van der Waals surface area (Å²) in [5.41, 5.74) is 7.93. The third-order valence-corrected chi connectivity index (χ3v) is 3.77. The minimum atomic E-state index is 0.809. The number of hydrogen-bond acceptors (Lipinski definition) is 2. The van der Waals surface area contributed by atoms with E-state index in [1.54, 1.807) is 0 Å². The van der Waals surface area contributed by atoms with E-state index in [4.69, 9.17) is 5.73 Å². The van der Waals surface area contributed by atoms with Gasteiger partial charge in [-0.1, -0.05) is 40.0 Å². The monoisotopic (exact) mass is 262 g/mol. The van der Waals surface area contributed by atoms with Crippen LogP contribution in [0, 0.1) is 5.92 Å². The standard InChI is InChI=1S/C17H30N2/c1-4-7-8-15(6-3)14-19(13-5-2)17-11-9-16(18)10-12-17/h9-12,15H,4-8,13-14,18H2,1-3H3. The molecule has 0 saturated carbocycles. The molecular weight excluding hydrogens is 232 g/mol. The Kier molecular flexibility index (Phi) is 7.39. The maximum Gasteiger partial charge on any atom is 0.0367 e. The molecule has 0 aromatic heterocycles. The molecule has 1 rings (SSSR count). The first-order valence-electron chi connectivity index (χ1n) is 7.81. The summed E-state index contributed by atoms with van der Waals surface area (Å²) >= 11 is 0. The highest BCUT2D eigenvalue weighted by Crippen LogP contribution is 2.21. The van der Waals surface area contributed by atoms with Gasteiger partial charge in [-0.15, -0.1) is 0 Å². The van der Waals surface area contributed by atoms with Crippen LogP contribution in [0.3, 0.4) is 0 Å². The molecule has 0 aliphatic carbocycles. The topological polar surface area (TPSA) is 29.3 Å². The van der Waals surface area contributed by atoms with Crippen LogP contribution in [0.4, 0.5) is 11.4 Å². The molecule has 0 fully saturated rings. The van der Waals surface area contributed by atoms with E-state index in [2.05, 4.69) is 37.8 Å². The highest BCUT2D eigenvalue weighted by Gasteiger charge is 2.12. The molecular formula is C17H30N2. The summed E-state index contributed by atoms with van der Waals surface area (Å²) in [7, 11) is 0. The second kappa shape index (κ2) is 8.84. The van der Waals surface area contributed by atoms with Crippen LogP contribution in [-0.2, 0) is 0 Å². The van der Waals surface area contributed by atoms with Crippen molar-refractivity contribution >= 4 is 11.4 Å². The highest BCUT2D eigenvalue weighted by atomic mass is 15.1. The Morgan fingerprint density at radius 3 is 2.26 bits per heavy atom. The van der Waals surface area contributed by atoms with Crippen LogP contribution in [0.25, 0.3) is 0 Å². The van der Waals surface area contributed by atoms with Crippen molar-refractivity contribution in [2.75, 3.05) is 23.7 Å². The molecule has 1 unspecified atom stereocenters. The third kappa shape index (κ3) is 5.54. The maximum atomic E-state index is 5.78. The smallest absolute Gasteiger partial charge is 0.0367 e. The van der Waals surface area contributed by atoms with Gasteiger partial charge in [-0.05, 0) is 43.0 Å². The molecule has 19 heavy (non-hydrogen) atoms. The predicted molar refractivity (Wildman–Crippen MR) is 86.7 cm³/mol. The van der Waals surface area contributed by atoms with Crippen LogP contribution in [0.15, 0.2) is 24.3 Å². The quantitative estimate of drug-likeness (QED) is 0.653. The Labute approximate surface area is 119 Å². The van der Waals surface area contributed by atoms with Crippen LogP contribution in [-0.4, -0.2) is 13.1 Å². The number of hydrogen-bond donors (Lipinski definition) is 1. The number of nitrogen functional groups attached to an aromatic ring is 1. The lowest BCUT2D eigenvalue weighted by molar-refractivity contribution is 0.445. The third-order valence-electron chi connectivity index (χ3n) is 3.77. The molecule has 2 nitrogen and oxygen atoms in total. The van der Waals surface area contributed by atoms with Crippen LogP contribution >= 0.6 is 0 Å². The Balaban J connectivity index is 2.67. The molecule has 1 atom stereocenters. The minimum absolute atomic E-state index is 0.809. The second-order valence-corrected chi connectivity index (χ2v) is 5.45. The minimum Gasteiger partial charge on any atom is -0.399 e. The van der Waals surface area contributed by atoms with Crippen LogP contribution in [0.5, 0.6) is 0 Å². The zero-order valence-electron chi connectivity index (χ0n) is 12.9. The molecule has 0 radical (unpaired) electrons. The van der Waals surface area contributed by atoms with Gasteiger partial charge in [0.1, 0.15) is 0 Å². The Morgan fingerprint density at radius 2 is 1.74 bits per heavy atom. The van der Waals surface area contributed by atoms with Crippen LogP contribution in [0.2, 0.25) is 0 Å². The van der Waals surface area contributed by atoms with E-state index >= 15 is 0 Å². The molecule has 0 spiro atoms. The van der Waals surface area contributed by atoms with Crippen molar-refractivity contribution in [1.82, 2.24) is 0 Å². The van der Waals surface area contributed by atoms with Crippen molar-refractivity contribution in [3.63, 3.8) is 0 Å². The fraction of sp³-hybridized carbons (Fsp3) is 0.647. The summed E-state index contributed by atoms with van der Waals surface area (Å²) in [6, 6.07) is 8.31. The summed E-state index contributed by atoms with van der Waals surface area (Å²) in [6.45, 7) is 9.14. The molecule has 0 amide bonds. The average molecular weight is 262 g/mol. The Morgan fingerprint density at radius 1 is 1.05 bits per heavy atom. The fourth-order valence-corrected chi connectivity index (χ4v) is 2.51. The molecule has 2 N–H and O–H groups in total. The van der Waals surface area contributed by atoms with Gasteiger partial charge in [-0.25, -0.2) is 0 Å². The van der Waals surface area contributed by atoms with Gasteiger partial charge in [0, 0.05) is 24.5 Å². The molecule has 0 bridgehead atoms. The van der Waals surface area contributed by atoms with Gasteiger partial charge in [0.05, 0.1) is 0 Å².